The standard InChI is InChI=1S/C22H24F3N5O2S/c1-12(28-22(4)10-33-11-22)13-5-14-19(21(2,3)31)29-30(20(14)27-7-13)16-6-18(26-8-15(16)23)32-9-17(24)25/h5-8,17,28,31H,1,9-11H2,2-4H3. The first-order valence-corrected chi connectivity index (χ1v) is 11.4. The minimum atomic E-state index is -2.70. The van der Waals surface area contributed by atoms with Gasteiger partial charge in [0.1, 0.15) is 17.0 Å². The van der Waals surface area contributed by atoms with Crippen LogP contribution in [0.2, 0.25) is 0 Å². The minimum absolute atomic E-state index is 0.0469. The van der Waals surface area contributed by atoms with Crippen LogP contribution in [0.1, 0.15) is 32.0 Å². The number of hydrogen-bond donors (Lipinski definition) is 2. The average molecular weight is 480 g/mol. The molecule has 3 aromatic rings. The number of alkyl halides is 2. The van der Waals surface area contributed by atoms with Crippen molar-refractivity contribution in [3.05, 3.63) is 48.2 Å². The number of nitrogens with zero attached hydrogens (tertiary/aromatic N) is 4. The molecule has 176 valence electrons. The van der Waals surface area contributed by atoms with Crippen LogP contribution in [0.3, 0.4) is 0 Å². The van der Waals surface area contributed by atoms with Gasteiger partial charge in [0.2, 0.25) is 5.88 Å². The lowest BCUT2D eigenvalue weighted by molar-refractivity contribution is 0.0748. The summed E-state index contributed by atoms with van der Waals surface area (Å²) < 4.78 is 45.8. The first kappa shape index (κ1) is 23.4. The van der Waals surface area contributed by atoms with Crippen LogP contribution in [-0.4, -0.2) is 54.9 Å². The maximum absolute atomic E-state index is 14.7. The molecule has 1 fully saturated rings. The van der Waals surface area contributed by atoms with Crippen LogP contribution in [0.4, 0.5) is 13.2 Å². The Morgan fingerprint density at radius 3 is 2.67 bits per heavy atom. The molecule has 0 aromatic carbocycles. The summed E-state index contributed by atoms with van der Waals surface area (Å²) in [5.41, 5.74) is 0.435. The molecule has 0 spiro atoms. The maximum atomic E-state index is 14.7. The second-order valence-corrected chi connectivity index (χ2v) is 9.73. The number of pyridine rings is 2. The molecule has 33 heavy (non-hydrogen) atoms. The Hall–Kier alpha value is -2.79. The number of hydrogen-bond acceptors (Lipinski definition) is 7. The Kier molecular flexibility index (Phi) is 6.04. The first-order valence-electron chi connectivity index (χ1n) is 10.2. The van der Waals surface area contributed by atoms with Gasteiger partial charge in [0.05, 0.1) is 11.7 Å². The Morgan fingerprint density at radius 2 is 2.06 bits per heavy atom. The largest absolute Gasteiger partial charge is 0.472 e. The van der Waals surface area contributed by atoms with E-state index in [0.717, 1.165) is 17.7 Å². The molecule has 1 aliphatic rings. The number of nitrogens with one attached hydrogen (secondary N) is 1. The fraction of sp³-hybridized carbons (Fsp3) is 0.409. The molecule has 0 amide bonds. The molecule has 0 atom stereocenters. The van der Waals surface area contributed by atoms with E-state index in [0.29, 0.717) is 16.6 Å². The molecular weight excluding hydrogens is 455 g/mol. The molecule has 0 unspecified atom stereocenters. The van der Waals surface area contributed by atoms with Gasteiger partial charge < -0.3 is 15.2 Å². The summed E-state index contributed by atoms with van der Waals surface area (Å²) in [5.74, 6) is 0.997. The topological polar surface area (TPSA) is 85.1 Å². The first-order chi connectivity index (χ1) is 15.5. The smallest absolute Gasteiger partial charge is 0.272 e. The van der Waals surface area contributed by atoms with Gasteiger partial charge in [-0.3, -0.25) is 0 Å². The SMILES string of the molecule is C=C(NC1(C)CSC1)c1cnc2c(c1)c(C(C)(C)O)nn2-c1cc(OCC(F)F)ncc1F. The molecule has 0 bridgehead atoms. The quantitative estimate of drug-likeness (QED) is 0.507. The highest BCUT2D eigenvalue weighted by Crippen LogP contribution is 2.33. The van der Waals surface area contributed by atoms with Crippen molar-refractivity contribution in [2.24, 2.45) is 0 Å². The minimum Gasteiger partial charge on any atom is -0.472 e. The number of thioether (sulfide) groups is 1. The van der Waals surface area contributed by atoms with E-state index in [1.54, 1.807) is 26.1 Å². The van der Waals surface area contributed by atoms with Crippen molar-refractivity contribution in [1.29, 1.82) is 0 Å². The van der Waals surface area contributed by atoms with Crippen molar-refractivity contribution in [3.63, 3.8) is 0 Å². The van der Waals surface area contributed by atoms with Crippen LogP contribution < -0.4 is 10.1 Å². The molecule has 0 radical (unpaired) electrons. The number of rotatable bonds is 8. The monoisotopic (exact) mass is 479 g/mol. The number of ether oxygens (including phenoxy) is 1. The highest BCUT2D eigenvalue weighted by atomic mass is 32.2. The van der Waals surface area contributed by atoms with Crippen molar-refractivity contribution in [3.8, 4) is 11.6 Å². The molecule has 1 saturated heterocycles. The molecule has 1 aliphatic heterocycles. The zero-order valence-electron chi connectivity index (χ0n) is 18.4. The molecule has 4 rings (SSSR count). The Bertz CT molecular complexity index is 1200. The second kappa shape index (κ2) is 8.53. The van der Waals surface area contributed by atoms with Gasteiger partial charge >= 0.3 is 0 Å². The summed E-state index contributed by atoms with van der Waals surface area (Å²) in [6.45, 7) is 8.48. The Morgan fingerprint density at radius 1 is 1.33 bits per heavy atom. The van der Waals surface area contributed by atoms with Crippen molar-refractivity contribution in [2.75, 3.05) is 18.1 Å². The lowest BCUT2D eigenvalue weighted by Crippen LogP contribution is -2.52. The molecule has 4 heterocycles. The molecule has 0 saturated carbocycles. The predicted octanol–water partition coefficient (Wildman–Crippen LogP) is 3.89. The summed E-state index contributed by atoms with van der Waals surface area (Å²) in [7, 11) is 0. The maximum Gasteiger partial charge on any atom is 0.272 e. The Labute approximate surface area is 193 Å². The van der Waals surface area contributed by atoms with Gasteiger partial charge in [-0.2, -0.15) is 16.9 Å². The van der Waals surface area contributed by atoms with Crippen LogP contribution in [-0.2, 0) is 5.60 Å². The molecule has 11 heteroatoms. The summed E-state index contributed by atoms with van der Waals surface area (Å²) in [6.07, 6.45) is -0.243. The fourth-order valence-corrected chi connectivity index (χ4v) is 4.46. The van der Waals surface area contributed by atoms with Crippen molar-refractivity contribution in [2.45, 2.75) is 38.3 Å². The Balaban J connectivity index is 1.79. The number of aromatic nitrogens is 4. The van der Waals surface area contributed by atoms with E-state index < -0.39 is 24.5 Å². The molecule has 3 aromatic heterocycles. The lowest BCUT2D eigenvalue weighted by Gasteiger charge is -2.40. The van der Waals surface area contributed by atoms with Gasteiger partial charge in [-0.1, -0.05) is 6.58 Å². The zero-order valence-corrected chi connectivity index (χ0v) is 19.2. The van der Waals surface area contributed by atoms with E-state index in [1.807, 2.05) is 11.8 Å². The van der Waals surface area contributed by atoms with E-state index in [1.165, 1.54) is 10.7 Å². The van der Waals surface area contributed by atoms with Gasteiger partial charge in [-0.25, -0.2) is 27.8 Å². The van der Waals surface area contributed by atoms with Crippen molar-refractivity contribution < 1.29 is 23.0 Å². The number of aliphatic hydroxyl groups is 1. The lowest BCUT2D eigenvalue weighted by atomic mass is 10.0. The van der Waals surface area contributed by atoms with E-state index in [4.69, 9.17) is 4.74 Å². The summed E-state index contributed by atoms with van der Waals surface area (Å²) >= 11 is 1.84. The van der Waals surface area contributed by atoms with E-state index in [-0.39, 0.29) is 28.4 Å². The third-order valence-corrected chi connectivity index (χ3v) is 6.82. The van der Waals surface area contributed by atoms with Gasteiger partial charge in [-0.05, 0) is 26.8 Å². The summed E-state index contributed by atoms with van der Waals surface area (Å²) in [4.78, 5) is 8.16. The van der Waals surface area contributed by atoms with Gasteiger partial charge in [0.25, 0.3) is 6.43 Å². The summed E-state index contributed by atoms with van der Waals surface area (Å²) in [6, 6.07) is 2.96. The van der Waals surface area contributed by atoms with Crippen LogP contribution in [0, 0.1) is 5.82 Å². The van der Waals surface area contributed by atoms with E-state index in [9.17, 15) is 18.3 Å². The van der Waals surface area contributed by atoms with E-state index in [2.05, 4.69) is 33.9 Å². The summed E-state index contributed by atoms with van der Waals surface area (Å²) in [5, 5.41) is 19.1. The predicted molar refractivity (Wildman–Crippen MR) is 121 cm³/mol. The average Bonchev–Trinajstić information content (AvgIpc) is 3.11. The molecule has 0 aliphatic carbocycles. The zero-order chi connectivity index (χ0) is 24.0. The van der Waals surface area contributed by atoms with Crippen LogP contribution in [0.15, 0.2) is 31.1 Å². The van der Waals surface area contributed by atoms with Crippen LogP contribution in [0.5, 0.6) is 5.88 Å². The van der Waals surface area contributed by atoms with Crippen LogP contribution in [0.25, 0.3) is 22.4 Å². The normalized spacial score (nSPS) is 15.5. The molecule has 2 N–H and O–H groups in total. The third-order valence-electron chi connectivity index (χ3n) is 5.14. The van der Waals surface area contributed by atoms with E-state index >= 15 is 0 Å². The highest BCUT2D eigenvalue weighted by Gasteiger charge is 2.33. The number of fused-ring (bicyclic) bond motifs is 1. The van der Waals surface area contributed by atoms with Crippen LogP contribution >= 0.6 is 11.8 Å². The second-order valence-electron chi connectivity index (χ2n) is 8.75. The highest BCUT2D eigenvalue weighted by molar-refractivity contribution is 8.00. The molecular formula is C22H24F3N5O2S. The fourth-order valence-electron chi connectivity index (χ4n) is 3.50. The van der Waals surface area contributed by atoms with Gasteiger partial charge in [-0.15, -0.1) is 0 Å². The molecule has 7 nitrogen and oxygen atoms in total. The number of halogens is 3. The van der Waals surface area contributed by atoms with Gasteiger partial charge in [0.15, 0.2) is 18.1 Å². The van der Waals surface area contributed by atoms with Gasteiger partial charge in [0, 0.05) is 40.4 Å². The third kappa shape index (κ3) is 4.79. The van der Waals surface area contributed by atoms with Crippen molar-refractivity contribution >= 4 is 28.5 Å². The van der Waals surface area contributed by atoms with Crippen molar-refractivity contribution in [1.82, 2.24) is 25.1 Å².